The van der Waals surface area contributed by atoms with E-state index in [4.69, 9.17) is 37.3 Å². The third-order valence-corrected chi connectivity index (χ3v) is 17.0. The molecule has 2 N–H and O–H groups in total. The summed E-state index contributed by atoms with van der Waals surface area (Å²) in [6, 6.07) is -1.18. The number of rotatable bonds is 12. The van der Waals surface area contributed by atoms with Gasteiger partial charge in [-0.3, -0.25) is 32.7 Å². The van der Waals surface area contributed by atoms with E-state index in [0.29, 0.717) is 64.2 Å². The predicted octanol–water partition coefficient (Wildman–Crippen LogP) is 8.39. The molecule has 15 atom stereocenters. The first-order valence-corrected chi connectivity index (χ1v) is 28.1. The maximum absolute atomic E-state index is 14.6. The van der Waals surface area contributed by atoms with Crippen molar-refractivity contribution in [3.8, 4) is 0 Å². The highest BCUT2D eigenvalue weighted by Gasteiger charge is 2.53. The van der Waals surface area contributed by atoms with E-state index >= 15 is 0 Å². The highest BCUT2D eigenvalue weighted by Crippen LogP contribution is 2.53. The molecule has 4 rings (SSSR count). The van der Waals surface area contributed by atoms with Gasteiger partial charge in [0.1, 0.15) is 18.2 Å². The smallest absolute Gasteiger partial charge is 0.460 e. The van der Waals surface area contributed by atoms with Gasteiger partial charge in [-0.2, -0.15) is 0 Å². The Hall–Kier alpha value is -3.22. The number of ketones is 3. The van der Waals surface area contributed by atoms with Gasteiger partial charge in [0.25, 0.3) is 11.7 Å². The van der Waals surface area contributed by atoms with Gasteiger partial charge in [0.15, 0.2) is 11.6 Å². The fraction of sp³-hybridized carbons (Fsp3) is 0.764. The quantitative estimate of drug-likeness (QED) is 0.106. The number of nitrogens with zero attached hydrogens (tertiary/aromatic N) is 1. The molecule has 3 unspecified atom stereocenters. The maximum Gasteiger partial charge on any atom is 0.475 e. The molecule has 0 aromatic heterocycles. The van der Waals surface area contributed by atoms with Gasteiger partial charge in [-0.05, 0) is 121 Å². The van der Waals surface area contributed by atoms with Crippen LogP contribution in [0.1, 0.15) is 139 Å². The van der Waals surface area contributed by atoms with Crippen molar-refractivity contribution in [3.63, 3.8) is 0 Å². The zero-order valence-corrected chi connectivity index (χ0v) is 46.6. The van der Waals surface area contributed by atoms with Gasteiger partial charge in [0.2, 0.25) is 5.79 Å². The average Bonchev–Trinajstić information content (AvgIpc) is 3.35. The van der Waals surface area contributed by atoms with Crippen LogP contribution in [0.15, 0.2) is 47.6 Å². The maximum atomic E-state index is 14.6. The Bertz CT molecular complexity index is 2010. The predicted molar refractivity (Wildman–Crippen MR) is 275 cm³/mol. The van der Waals surface area contributed by atoms with Crippen LogP contribution in [-0.2, 0) is 65.8 Å². The second-order valence-electron chi connectivity index (χ2n) is 21.0. The second-order valence-corrected chi connectivity index (χ2v) is 22.6. The van der Waals surface area contributed by atoms with Crippen LogP contribution in [0.5, 0.6) is 0 Å². The number of carbonyl (C=O) groups is 5. The van der Waals surface area contributed by atoms with Gasteiger partial charge in [0, 0.05) is 58.5 Å². The number of aliphatic hydroxyl groups is 2. The zero-order chi connectivity index (χ0) is 54.2. The van der Waals surface area contributed by atoms with Gasteiger partial charge < -0.3 is 38.8 Å². The highest BCUT2D eigenvalue weighted by molar-refractivity contribution is 7.48. The van der Waals surface area contributed by atoms with E-state index in [9.17, 15) is 38.8 Å². The Balaban J connectivity index is 1.70. The summed E-state index contributed by atoms with van der Waals surface area (Å²) in [5, 5.41) is 23.6. The summed E-state index contributed by atoms with van der Waals surface area (Å²) >= 11 is 0. The SMILES string of the molecule is CCOP(=O)(OCC)O[C@@H]1CC[C@@H](C[C@@H](C)[C@@H]2CC(=O)/C(C)=C/C(C)[C@@H](O)[C@@H](OC)C(=O)[C@H](C)C[C@H](C)C=CC=CC=C(C)[C@@H](OC)C[C@@H]3CC[C@@H](C)C(O)(O3)C(=O)C(=O)N3CCCCC3C(=O)O2)C[C@H]1OC. The van der Waals surface area contributed by atoms with Crippen LogP contribution >= 0.6 is 7.82 Å². The summed E-state index contributed by atoms with van der Waals surface area (Å²) in [6.45, 7) is 16.3. The molecule has 73 heavy (non-hydrogen) atoms. The molecule has 414 valence electrons. The molecule has 17 nitrogen and oxygen atoms in total. The van der Waals surface area contributed by atoms with Crippen molar-refractivity contribution in [3.05, 3.63) is 47.6 Å². The fourth-order valence-electron chi connectivity index (χ4n) is 10.8. The molecule has 0 aromatic rings. The number of carbonyl (C=O) groups excluding carboxylic acids is 5. The number of ether oxygens (including phenoxy) is 5. The molecule has 0 radical (unpaired) electrons. The van der Waals surface area contributed by atoms with Gasteiger partial charge in [0.05, 0.1) is 43.7 Å². The summed E-state index contributed by atoms with van der Waals surface area (Å²) in [5.41, 5.74) is 1.15. The Morgan fingerprint density at radius 2 is 1.55 bits per heavy atom. The summed E-state index contributed by atoms with van der Waals surface area (Å²) in [5.74, 6) is -8.37. The number of piperidine rings is 1. The van der Waals surface area contributed by atoms with Gasteiger partial charge in [-0.1, -0.05) is 71.1 Å². The minimum absolute atomic E-state index is 0.00174. The first-order chi connectivity index (χ1) is 34.6. The molecule has 2 saturated heterocycles. The Labute approximate surface area is 434 Å². The molecule has 1 aliphatic carbocycles. The largest absolute Gasteiger partial charge is 0.475 e. The van der Waals surface area contributed by atoms with E-state index in [1.807, 2.05) is 58.1 Å². The number of esters is 1. The van der Waals surface area contributed by atoms with E-state index in [-0.39, 0.29) is 61.6 Å². The molecule has 18 heteroatoms. The fourth-order valence-corrected chi connectivity index (χ4v) is 12.2. The third-order valence-electron chi connectivity index (χ3n) is 15.3. The number of phosphoric acid groups is 1. The Morgan fingerprint density at radius 3 is 2.19 bits per heavy atom. The van der Waals surface area contributed by atoms with Crippen molar-refractivity contribution in [1.29, 1.82) is 0 Å². The van der Waals surface area contributed by atoms with E-state index in [1.165, 1.54) is 12.0 Å². The standard InChI is InChI=1S/C55H88NO16P/c1-13-68-73(64,69-14-2)72-45-26-24-41(31-48(45)66-11)30-37(6)47-33-44(57)36(5)29-39(8)50(59)51(67-12)49(58)38(7)28-34(3)20-16-15-17-21-35(4)46(65-10)32-42-25-23-40(9)55(63,71-42)52(60)53(61)56-27-19-18-22-43(56)54(62)70-47/h15-17,20-21,29,34,37-43,45-48,50-51,59,63H,13-14,18-19,22-28,30-33H2,1-12H3/b17-15?,20-16?,35-21?,36-29+/t34-,37-,38-,39?,40-,41+,42+,43?,45-,46+,47+,48-,50-,51+,55?/m1/s1. The Kier molecular flexibility index (Phi) is 25.0. The summed E-state index contributed by atoms with van der Waals surface area (Å²) < 4.78 is 59.9. The van der Waals surface area contributed by atoms with Gasteiger partial charge >= 0.3 is 13.8 Å². The van der Waals surface area contributed by atoms with Crippen LogP contribution in [0.25, 0.3) is 0 Å². The number of cyclic esters (lactones) is 1. The number of allylic oxidation sites excluding steroid dienone is 6. The first kappa shape index (κ1) is 62.3. The van der Waals surface area contributed by atoms with Crippen molar-refractivity contribution in [1.82, 2.24) is 4.90 Å². The van der Waals surface area contributed by atoms with Crippen LogP contribution < -0.4 is 0 Å². The molecule has 3 heterocycles. The summed E-state index contributed by atoms with van der Waals surface area (Å²) in [4.78, 5) is 72.5. The van der Waals surface area contributed by atoms with Crippen LogP contribution in [0.3, 0.4) is 0 Å². The minimum atomic E-state index is -3.84. The molecular formula is C55H88NO16P. The molecular weight excluding hydrogens is 962 g/mol. The lowest BCUT2D eigenvalue weighted by molar-refractivity contribution is -0.265. The molecule has 1 amide bonds. The van der Waals surface area contributed by atoms with E-state index < -0.39 is 104 Å². The number of aliphatic hydroxyl groups excluding tert-OH is 1. The molecule has 4 aliphatic rings. The number of hydrogen-bond donors (Lipinski definition) is 2. The number of phosphoric ester groups is 1. The molecule has 0 aromatic carbocycles. The van der Waals surface area contributed by atoms with Crippen LogP contribution in [0.2, 0.25) is 0 Å². The summed E-state index contributed by atoms with van der Waals surface area (Å²) in [6.07, 6.45) is 10.4. The molecule has 1 saturated carbocycles. The summed E-state index contributed by atoms with van der Waals surface area (Å²) in [7, 11) is 0.655. The monoisotopic (exact) mass is 1050 g/mol. The van der Waals surface area contributed by atoms with Crippen molar-refractivity contribution in [2.45, 2.75) is 194 Å². The first-order valence-electron chi connectivity index (χ1n) is 26.6. The van der Waals surface area contributed by atoms with Crippen LogP contribution in [-0.4, -0.2) is 140 Å². The molecule has 2 bridgehead atoms. The lowest BCUT2D eigenvalue weighted by atomic mass is 9.78. The Morgan fingerprint density at radius 1 is 0.849 bits per heavy atom. The van der Waals surface area contributed by atoms with Gasteiger partial charge in [-0.15, -0.1) is 0 Å². The van der Waals surface area contributed by atoms with Crippen molar-refractivity contribution in [2.75, 3.05) is 41.1 Å². The van der Waals surface area contributed by atoms with Crippen molar-refractivity contribution >= 4 is 37.0 Å². The van der Waals surface area contributed by atoms with E-state index in [0.717, 1.165) is 5.57 Å². The number of fused-ring (bicyclic) bond motifs is 3. The van der Waals surface area contributed by atoms with Crippen LogP contribution in [0.4, 0.5) is 0 Å². The number of methoxy groups -OCH3 is 3. The lowest BCUT2D eigenvalue weighted by Gasteiger charge is -2.42. The number of amides is 1. The van der Waals surface area contributed by atoms with Crippen molar-refractivity contribution in [2.24, 2.45) is 35.5 Å². The third kappa shape index (κ3) is 17.1. The normalized spacial score (nSPS) is 35.9. The average molecular weight is 1050 g/mol. The van der Waals surface area contributed by atoms with Crippen molar-refractivity contribution < 1.29 is 76.0 Å². The number of Topliss-reactive ketones (excluding diaryl/α,β-unsaturated/α-hetero) is 3. The van der Waals surface area contributed by atoms with E-state index in [1.54, 1.807) is 54.9 Å². The second kappa shape index (κ2) is 29.3. The molecule has 3 aliphatic heterocycles. The molecule has 3 fully saturated rings. The molecule has 0 spiro atoms. The lowest BCUT2D eigenvalue weighted by Crippen LogP contribution is -2.61. The minimum Gasteiger partial charge on any atom is -0.460 e. The number of hydrogen-bond acceptors (Lipinski definition) is 16. The van der Waals surface area contributed by atoms with Gasteiger partial charge in [-0.25, -0.2) is 9.36 Å². The topological polar surface area (TPSA) is 220 Å². The zero-order valence-electron chi connectivity index (χ0n) is 45.7. The highest BCUT2D eigenvalue weighted by atomic mass is 31.2. The van der Waals surface area contributed by atoms with Crippen LogP contribution in [0, 0.1) is 35.5 Å². The van der Waals surface area contributed by atoms with E-state index in [2.05, 4.69) is 0 Å².